The van der Waals surface area contributed by atoms with E-state index in [4.69, 9.17) is 10.8 Å². The third-order valence-corrected chi connectivity index (χ3v) is 1.76. The Kier molecular flexibility index (Phi) is 3.33. The first kappa shape index (κ1) is 9.60. The molecule has 1 rings (SSSR count). The summed E-state index contributed by atoms with van der Waals surface area (Å²) in [5, 5.41) is 8.58. The van der Waals surface area contributed by atoms with Crippen LogP contribution in [0.1, 0.15) is 17.9 Å². The van der Waals surface area contributed by atoms with E-state index in [1.807, 2.05) is 0 Å². The first-order valence-electron chi connectivity index (χ1n) is 3.90. The van der Waals surface area contributed by atoms with Crippen LogP contribution in [0.15, 0.2) is 18.7 Å². The van der Waals surface area contributed by atoms with E-state index in [2.05, 4.69) is 9.97 Å². The van der Waals surface area contributed by atoms with Crippen LogP contribution in [0.3, 0.4) is 0 Å². The van der Waals surface area contributed by atoms with Crippen LogP contribution in [0.5, 0.6) is 0 Å². The van der Waals surface area contributed by atoms with Gasteiger partial charge in [-0.2, -0.15) is 0 Å². The highest BCUT2D eigenvalue weighted by Crippen LogP contribution is 2.15. The number of nitrogens with two attached hydrogens (primary N) is 1. The molecule has 1 unspecified atom stereocenters. The molecule has 1 aromatic rings. The molecule has 0 saturated carbocycles. The highest BCUT2D eigenvalue weighted by atomic mass is 16.4. The van der Waals surface area contributed by atoms with Crippen LogP contribution in [0, 0.1) is 0 Å². The van der Waals surface area contributed by atoms with E-state index in [0.29, 0.717) is 6.54 Å². The Bertz CT molecular complexity index is 276. The Balaban J connectivity index is 2.73. The highest BCUT2D eigenvalue weighted by Gasteiger charge is 2.13. The zero-order valence-corrected chi connectivity index (χ0v) is 7.05. The van der Waals surface area contributed by atoms with E-state index in [1.54, 1.807) is 12.4 Å². The summed E-state index contributed by atoms with van der Waals surface area (Å²) in [5.41, 5.74) is 6.20. The van der Waals surface area contributed by atoms with Gasteiger partial charge in [0.1, 0.15) is 6.33 Å². The van der Waals surface area contributed by atoms with Crippen molar-refractivity contribution < 1.29 is 9.90 Å². The summed E-state index contributed by atoms with van der Waals surface area (Å²) in [4.78, 5) is 18.0. The smallest absolute Gasteiger partial charge is 0.304 e. The molecule has 0 spiro atoms. The van der Waals surface area contributed by atoms with Gasteiger partial charge in [0.15, 0.2) is 0 Å². The number of carbonyl (C=O) groups is 1. The Hall–Kier alpha value is -1.49. The fraction of sp³-hybridized carbons (Fsp3) is 0.375. The fourth-order valence-corrected chi connectivity index (χ4v) is 1.07. The second-order valence-electron chi connectivity index (χ2n) is 2.70. The van der Waals surface area contributed by atoms with E-state index in [0.717, 1.165) is 5.56 Å². The maximum atomic E-state index is 10.4. The van der Waals surface area contributed by atoms with Crippen molar-refractivity contribution in [1.29, 1.82) is 0 Å². The zero-order valence-electron chi connectivity index (χ0n) is 7.05. The molecule has 1 aromatic heterocycles. The van der Waals surface area contributed by atoms with Gasteiger partial charge in [0, 0.05) is 18.3 Å². The summed E-state index contributed by atoms with van der Waals surface area (Å²) >= 11 is 0. The van der Waals surface area contributed by atoms with Crippen molar-refractivity contribution in [2.24, 2.45) is 5.73 Å². The molecule has 0 radical (unpaired) electrons. The topological polar surface area (TPSA) is 89.1 Å². The molecule has 5 nitrogen and oxygen atoms in total. The molecule has 0 aliphatic rings. The molecule has 0 aromatic carbocycles. The van der Waals surface area contributed by atoms with Crippen molar-refractivity contribution in [3.8, 4) is 0 Å². The fourth-order valence-electron chi connectivity index (χ4n) is 1.07. The van der Waals surface area contributed by atoms with E-state index < -0.39 is 5.97 Å². The number of aliphatic carboxylic acids is 1. The van der Waals surface area contributed by atoms with Crippen LogP contribution < -0.4 is 5.73 Å². The first-order valence-corrected chi connectivity index (χ1v) is 3.90. The molecular weight excluding hydrogens is 170 g/mol. The second kappa shape index (κ2) is 4.51. The maximum Gasteiger partial charge on any atom is 0.304 e. The van der Waals surface area contributed by atoms with Crippen molar-refractivity contribution in [3.63, 3.8) is 0 Å². The second-order valence-corrected chi connectivity index (χ2v) is 2.70. The Morgan fingerprint density at radius 2 is 2.15 bits per heavy atom. The quantitative estimate of drug-likeness (QED) is 0.682. The van der Waals surface area contributed by atoms with Crippen molar-refractivity contribution in [3.05, 3.63) is 24.3 Å². The number of hydrogen-bond donors (Lipinski definition) is 2. The molecule has 0 amide bonds. The average molecular weight is 181 g/mol. The predicted molar refractivity (Wildman–Crippen MR) is 46.1 cm³/mol. The van der Waals surface area contributed by atoms with Crippen molar-refractivity contribution in [2.45, 2.75) is 12.3 Å². The van der Waals surface area contributed by atoms with Gasteiger partial charge in [0.2, 0.25) is 0 Å². The summed E-state index contributed by atoms with van der Waals surface area (Å²) in [7, 11) is 0. The summed E-state index contributed by atoms with van der Waals surface area (Å²) in [6.45, 7) is 0.291. The van der Waals surface area contributed by atoms with E-state index in [-0.39, 0.29) is 12.3 Å². The molecule has 5 heteroatoms. The van der Waals surface area contributed by atoms with Gasteiger partial charge in [-0.15, -0.1) is 0 Å². The Labute approximate surface area is 75.6 Å². The minimum absolute atomic E-state index is 0.0177. The number of carboxylic acid groups (broad SMARTS) is 1. The molecule has 0 aliphatic heterocycles. The van der Waals surface area contributed by atoms with Crippen LogP contribution in [0.4, 0.5) is 0 Å². The number of nitrogens with zero attached hydrogens (tertiary/aromatic N) is 2. The zero-order chi connectivity index (χ0) is 9.68. The van der Waals surface area contributed by atoms with Gasteiger partial charge in [-0.25, -0.2) is 9.97 Å². The molecule has 1 heterocycles. The van der Waals surface area contributed by atoms with E-state index >= 15 is 0 Å². The summed E-state index contributed by atoms with van der Waals surface area (Å²) < 4.78 is 0. The molecule has 70 valence electrons. The van der Waals surface area contributed by atoms with Crippen LogP contribution >= 0.6 is 0 Å². The first-order chi connectivity index (χ1) is 6.24. The normalized spacial score (nSPS) is 12.4. The van der Waals surface area contributed by atoms with Gasteiger partial charge in [0.05, 0.1) is 6.42 Å². The molecule has 3 N–H and O–H groups in total. The molecule has 0 saturated heterocycles. The van der Waals surface area contributed by atoms with Gasteiger partial charge in [-0.3, -0.25) is 4.79 Å². The highest BCUT2D eigenvalue weighted by molar-refractivity contribution is 5.68. The molecule has 0 fully saturated rings. The third-order valence-electron chi connectivity index (χ3n) is 1.76. The third kappa shape index (κ3) is 2.79. The monoisotopic (exact) mass is 181 g/mol. The predicted octanol–water partition coefficient (Wildman–Crippen LogP) is -0.00640. The van der Waals surface area contributed by atoms with Gasteiger partial charge in [-0.05, 0) is 12.1 Å². The average Bonchev–Trinajstić information content (AvgIpc) is 2.15. The number of rotatable bonds is 4. The van der Waals surface area contributed by atoms with Crippen LogP contribution in [0.2, 0.25) is 0 Å². The van der Waals surface area contributed by atoms with Crippen molar-refractivity contribution in [2.75, 3.05) is 6.54 Å². The lowest BCUT2D eigenvalue weighted by Crippen LogP contribution is -2.16. The minimum Gasteiger partial charge on any atom is -0.481 e. The maximum absolute atomic E-state index is 10.4. The summed E-state index contributed by atoms with van der Waals surface area (Å²) in [6, 6.07) is 0. The largest absolute Gasteiger partial charge is 0.481 e. The molecule has 0 aliphatic carbocycles. The Morgan fingerprint density at radius 1 is 1.54 bits per heavy atom. The van der Waals surface area contributed by atoms with Gasteiger partial charge < -0.3 is 10.8 Å². The van der Waals surface area contributed by atoms with Crippen LogP contribution in [0.25, 0.3) is 0 Å². The molecule has 1 atom stereocenters. The van der Waals surface area contributed by atoms with Gasteiger partial charge in [-0.1, -0.05) is 0 Å². The van der Waals surface area contributed by atoms with E-state index in [1.165, 1.54) is 6.33 Å². The van der Waals surface area contributed by atoms with Crippen LogP contribution in [-0.4, -0.2) is 27.6 Å². The molecular formula is C8H11N3O2. The minimum atomic E-state index is -0.862. The summed E-state index contributed by atoms with van der Waals surface area (Å²) in [6.07, 6.45) is 4.60. The lowest BCUT2D eigenvalue weighted by Gasteiger charge is -2.10. The number of hydrogen-bond acceptors (Lipinski definition) is 4. The lowest BCUT2D eigenvalue weighted by molar-refractivity contribution is -0.137. The number of carboxylic acids is 1. The lowest BCUT2D eigenvalue weighted by atomic mass is 9.99. The van der Waals surface area contributed by atoms with Crippen LogP contribution in [-0.2, 0) is 4.79 Å². The summed E-state index contributed by atoms with van der Waals surface area (Å²) in [5.74, 6) is -1.06. The molecule has 13 heavy (non-hydrogen) atoms. The SMILES string of the molecule is NCC(CC(=O)O)c1cncnc1. The van der Waals surface area contributed by atoms with Gasteiger partial charge in [0.25, 0.3) is 0 Å². The standard InChI is InChI=1S/C8H11N3O2/c9-2-6(1-8(12)13)7-3-10-5-11-4-7/h3-6H,1-2,9H2,(H,12,13). The van der Waals surface area contributed by atoms with Gasteiger partial charge >= 0.3 is 5.97 Å². The Morgan fingerprint density at radius 3 is 2.62 bits per heavy atom. The van der Waals surface area contributed by atoms with Crippen molar-refractivity contribution in [1.82, 2.24) is 9.97 Å². The van der Waals surface area contributed by atoms with Crippen molar-refractivity contribution >= 4 is 5.97 Å². The number of aromatic nitrogens is 2. The van der Waals surface area contributed by atoms with E-state index in [9.17, 15) is 4.79 Å². The molecule has 0 bridgehead atoms.